The van der Waals surface area contributed by atoms with Gasteiger partial charge >= 0.3 is 8.56 Å². The number of hydrogen-bond acceptors (Lipinski definition) is 3. The normalized spacial score (nSPS) is 19.5. The highest BCUT2D eigenvalue weighted by Crippen LogP contribution is 2.36. The van der Waals surface area contributed by atoms with Crippen LogP contribution in [0.3, 0.4) is 0 Å². The molecule has 16 heavy (non-hydrogen) atoms. The molecule has 0 N–H and O–H groups in total. The van der Waals surface area contributed by atoms with Crippen LogP contribution in [0, 0.1) is 5.41 Å². The van der Waals surface area contributed by atoms with Crippen molar-refractivity contribution in [2.24, 2.45) is 5.41 Å². The van der Waals surface area contributed by atoms with E-state index in [1.165, 1.54) is 0 Å². The predicted octanol–water partition coefficient (Wildman–Crippen LogP) is 2.95. The van der Waals surface area contributed by atoms with E-state index in [4.69, 9.17) is 13.6 Å². The van der Waals surface area contributed by atoms with Crippen LogP contribution in [0.1, 0.15) is 33.6 Å². The van der Waals surface area contributed by atoms with Crippen molar-refractivity contribution in [2.75, 3.05) is 26.4 Å². The van der Waals surface area contributed by atoms with Gasteiger partial charge in [0.05, 0.1) is 13.2 Å². The van der Waals surface area contributed by atoms with Gasteiger partial charge < -0.3 is 13.6 Å². The largest absolute Gasteiger partial charge is 0.394 e. The Morgan fingerprint density at radius 2 is 1.62 bits per heavy atom. The molecule has 4 heteroatoms. The maximum Gasteiger partial charge on any atom is 0.335 e. The molecule has 0 aromatic rings. The monoisotopic (exact) mass is 246 g/mol. The number of ether oxygens (including phenoxy) is 1. The van der Waals surface area contributed by atoms with Gasteiger partial charge in [0, 0.05) is 24.7 Å². The molecule has 1 heterocycles. The van der Waals surface area contributed by atoms with E-state index >= 15 is 0 Å². The van der Waals surface area contributed by atoms with Crippen molar-refractivity contribution < 1.29 is 13.6 Å². The SMILES string of the molecule is CCCO[Si](C)(CC1(C)COC1)OCCC. The van der Waals surface area contributed by atoms with Crippen molar-refractivity contribution in [1.29, 1.82) is 0 Å². The fraction of sp³-hybridized carbons (Fsp3) is 1.00. The summed E-state index contributed by atoms with van der Waals surface area (Å²) in [6, 6.07) is 1.06. The third kappa shape index (κ3) is 4.16. The lowest BCUT2D eigenvalue weighted by atomic mass is 9.91. The van der Waals surface area contributed by atoms with Gasteiger partial charge in [-0.1, -0.05) is 20.8 Å². The van der Waals surface area contributed by atoms with E-state index in [-0.39, 0.29) is 0 Å². The van der Waals surface area contributed by atoms with Gasteiger partial charge in [-0.05, 0) is 19.4 Å². The van der Waals surface area contributed by atoms with E-state index in [0.29, 0.717) is 5.41 Å². The van der Waals surface area contributed by atoms with Gasteiger partial charge in [0.2, 0.25) is 0 Å². The number of rotatable bonds is 8. The maximum absolute atomic E-state index is 6.01. The summed E-state index contributed by atoms with van der Waals surface area (Å²) in [6.07, 6.45) is 2.12. The lowest BCUT2D eigenvalue weighted by Gasteiger charge is -2.42. The van der Waals surface area contributed by atoms with Crippen LogP contribution in [-0.4, -0.2) is 35.0 Å². The smallest absolute Gasteiger partial charge is 0.335 e. The Kier molecular flexibility index (Phi) is 5.44. The van der Waals surface area contributed by atoms with E-state index in [9.17, 15) is 0 Å². The minimum absolute atomic E-state index is 0.294. The summed E-state index contributed by atoms with van der Waals surface area (Å²) in [5.74, 6) is 0. The fourth-order valence-electron chi connectivity index (χ4n) is 2.11. The third-order valence-corrected chi connectivity index (χ3v) is 6.00. The second kappa shape index (κ2) is 6.14. The van der Waals surface area contributed by atoms with Gasteiger partial charge in [0.15, 0.2) is 0 Å². The van der Waals surface area contributed by atoms with Crippen molar-refractivity contribution in [3.05, 3.63) is 0 Å². The van der Waals surface area contributed by atoms with Crippen molar-refractivity contribution in [3.8, 4) is 0 Å². The van der Waals surface area contributed by atoms with Crippen molar-refractivity contribution in [2.45, 2.75) is 46.2 Å². The van der Waals surface area contributed by atoms with E-state index in [0.717, 1.165) is 45.3 Å². The number of hydrogen-bond donors (Lipinski definition) is 0. The molecule has 1 aliphatic heterocycles. The van der Waals surface area contributed by atoms with Crippen LogP contribution >= 0.6 is 0 Å². The standard InChI is InChI=1S/C12H26O3Si/c1-5-7-14-16(4,15-8-6-2)11-12(3)9-13-10-12/h5-11H2,1-4H3. The second-order valence-electron chi connectivity index (χ2n) is 5.31. The zero-order valence-corrected chi connectivity index (χ0v) is 12.2. The highest BCUT2D eigenvalue weighted by molar-refractivity contribution is 6.66. The highest BCUT2D eigenvalue weighted by atomic mass is 28.4. The van der Waals surface area contributed by atoms with Crippen LogP contribution < -0.4 is 0 Å². The second-order valence-corrected chi connectivity index (χ2v) is 8.51. The molecule has 0 amide bonds. The first-order valence-electron chi connectivity index (χ1n) is 6.39. The van der Waals surface area contributed by atoms with E-state index in [1.54, 1.807) is 0 Å². The summed E-state index contributed by atoms with van der Waals surface area (Å²) in [4.78, 5) is 0. The Bertz CT molecular complexity index is 196. The minimum Gasteiger partial charge on any atom is -0.394 e. The van der Waals surface area contributed by atoms with Gasteiger partial charge in [0.25, 0.3) is 0 Å². The molecule has 0 saturated carbocycles. The molecule has 1 saturated heterocycles. The molecule has 0 aliphatic carbocycles. The van der Waals surface area contributed by atoms with E-state index < -0.39 is 8.56 Å². The Hall–Kier alpha value is 0.0969. The molecule has 1 rings (SSSR count). The molecule has 0 aromatic carbocycles. The maximum atomic E-state index is 6.01. The summed E-state index contributed by atoms with van der Waals surface area (Å²) < 4.78 is 17.3. The van der Waals surface area contributed by atoms with E-state index in [1.807, 2.05) is 0 Å². The first kappa shape index (κ1) is 14.2. The zero-order chi connectivity index (χ0) is 12.1. The Labute approximate surface area is 101 Å². The lowest BCUT2D eigenvalue weighted by molar-refractivity contribution is -0.0942. The van der Waals surface area contributed by atoms with Crippen LogP contribution in [0.4, 0.5) is 0 Å². The minimum atomic E-state index is -1.98. The van der Waals surface area contributed by atoms with Crippen LogP contribution in [0.25, 0.3) is 0 Å². The molecule has 0 aromatic heterocycles. The van der Waals surface area contributed by atoms with Crippen molar-refractivity contribution >= 4 is 8.56 Å². The molecule has 0 radical (unpaired) electrons. The highest BCUT2D eigenvalue weighted by Gasteiger charge is 2.44. The summed E-state index contributed by atoms with van der Waals surface area (Å²) >= 11 is 0. The van der Waals surface area contributed by atoms with Gasteiger partial charge in [0.1, 0.15) is 0 Å². The van der Waals surface area contributed by atoms with Crippen LogP contribution in [0.5, 0.6) is 0 Å². The molecule has 1 aliphatic rings. The molecule has 1 fully saturated rings. The topological polar surface area (TPSA) is 27.7 Å². The first-order chi connectivity index (χ1) is 7.54. The molecule has 96 valence electrons. The summed E-state index contributed by atoms with van der Waals surface area (Å²) in [7, 11) is -1.98. The van der Waals surface area contributed by atoms with Gasteiger partial charge in [-0.15, -0.1) is 0 Å². The fourth-order valence-corrected chi connectivity index (χ4v) is 5.42. The van der Waals surface area contributed by atoms with Crippen LogP contribution in [-0.2, 0) is 13.6 Å². The molecule has 0 spiro atoms. The molecule has 0 bridgehead atoms. The zero-order valence-electron chi connectivity index (χ0n) is 11.2. The van der Waals surface area contributed by atoms with Crippen LogP contribution in [0.2, 0.25) is 12.6 Å². The quantitative estimate of drug-likeness (QED) is 0.616. The van der Waals surface area contributed by atoms with Crippen LogP contribution in [0.15, 0.2) is 0 Å². The average Bonchev–Trinajstić information content (AvgIpc) is 2.22. The Morgan fingerprint density at radius 1 is 1.12 bits per heavy atom. The molecule has 3 nitrogen and oxygen atoms in total. The first-order valence-corrected chi connectivity index (χ1v) is 8.91. The molecular weight excluding hydrogens is 220 g/mol. The van der Waals surface area contributed by atoms with Crippen molar-refractivity contribution in [1.82, 2.24) is 0 Å². The molecular formula is C12H26O3Si. The Morgan fingerprint density at radius 3 is 1.94 bits per heavy atom. The summed E-state index contributed by atoms with van der Waals surface area (Å²) in [5.41, 5.74) is 0.294. The van der Waals surface area contributed by atoms with E-state index in [2.05, 4.69) is 27.3 Å². The molecule has 0 atom stereocenters. The Balaban J connectivity index is 2.47. The van der Waals surface area contributed by atoms with Gasteiger partial charge in [-0.2, -0.15) is 0 Å². The third-order valence-electron chi connectivity index (χ3n) is 2.87. The summed E-state index contributed by atoms with van der Waals surface area (Å²) in [6.45, 7) is 12.1. The lowest BCUT2D eigenvalue weighted by Crippen LogP contribution is -2.50. The average molecular weight is 246 g/mol. The summed E-state index contributed by atoms with van der Waals surface area (Å²) in [5, 5.41) is 0. The van der Waals surface area contributed by atoms with Crippen molar-refractivity contribution in [3.63, 3.8) is 0 Å². The van der Waals surface area contributed by atoms with Gasteiger partial charge in [-0.25, -0.2) is 0 Å². The molecule has 0 unspecified atom stereocenters. The van der Waals surface area contributed by atoms with Gasteiger partial charge in [-0.3, -0.25) is 0 Å². The predicted molar refractivity (Wildman–Crippen MR) is 67.8 cm³/mol.